The number of aromatic carboxylic acids is 1. The van der Waals surface area contributed by atoms with E-state index in [-0.39, 0.29) is 40.6 Å². The first-order valence-corrected chi connectivity index (χ1v) is 11.2. The van der Waals surface area contributed by atoms with Crippen molar-refractivity contribution in [3.8, 4) is 0 Å². The fraction of sp³-hybridized carbons (Fsp3) is 0.364. The number of hydrogen-bond donors (Lipinski definition) is 2. The summed E-state index contributed by atoms with van der Waals surface area (Å²) in [5, 5.41) is 13.2. The SMILES string of the molecule is C[C@@H](Nc1ccc(Cl)nc1C(=O)O)c1cc(Cl)cc2c(=O)n(C)c(N3CC4C(C3)C4(F)F)nc12. The van der Waals surface area contributed by atoms with Crippen molar-refractivity contribution in [3.05, 3.63) is 56.1 Å². The minimum Gasteiger partial charge on any atom is -0.476 e. The van der Waals surface area contributed by atoms with Crippen LogP contribution in [-0.2, 0) is 7.05 Å². The highest BCUT2D eigenvalue weighted by Gasteiger charge is 2.72. The second-order valence-electron chi connectivity index (χ2n) is 8.66. The topological polar surface area (TPSA) is 100 Å². The highest BCUT2D eigenvalue weighted by Crippen LogP contribution is 2.59. The van der Waals surface area contributed by atoms with Gasteiger partial charge >= 0.3 is 5.97 Å². The van der Waals surface area contributed by atoms with Crippen molar-refractivity contribution in [3.63, 3.8) is 0 Å². The lowest BCUT2D eigenvalue weighted by atomic mass is 10.0. The minimum absolute atomic E-state index is 0.0350. The lowest BCUT2D eigenvalue weighted by molar-refractivity contribution is 0.0691. The van der Waals surface area contributed by atoms with Crippen molar-refractivity contribution in [2.24, 2.45) is 18.9 Å². The van der Waals surface area contributed by atoms with Crippen molar-refractivity contribution in [2.75, 3.05) is 23.3 Å². The molecule has 1 saturated heterocycles. The summed E-state index contributed by atoms with van der Waals surface area (Å²) in [6.07, 6.45) is 0. The average Bonchev–Trinajstić information content (AvgIpc) is 3.11. The van der Waals surface area contributed by atoms with E-state index in [1.807, 2.05) is 0 Å². The number of hydrogen-bond acceptors (Lipinski definition) is 6. The van der Waals surface area contributed by atoms with Crippen LogP contribution in [0.15, 0.2) is 29.1 Å². The number of rotatable bonds is 5. The quantitative estimate of drug-likeness (QED) is 0.496. The Hall–Kier alpha value is -2.98. The second-order valence-corrected chi connectivity index (χ2v) is 9.48. The number of fused-ring (bicyclic) bond motifs is 2. The monoisotopic (exact) mass is 509 g/mol. The van der Waals surface area contributed by atoms with Crippen molar-refractivity contribution in [1.29, 1.82) is 0 Å². The fourth-order valence-electron chi connectivity index (χ4n) is 4.66. The summed E-state index contributed by atoms with van der Waals surface area (Å²) in [4.78, 5) is 35.0. The average molecular weight is 510 g/mol. The predicted molar refractivity (Wildman–Crippen MR) is 124 cm³/mol. The van der Waals surface area contributed by atoms with Crippen molar-refractivity contribution >= 4 is 51.7 Å². The predicted octanol–water partition coefficient (Wildman–Crippen LogP) is 4.21. The van der Waals surface area contributed by atoms with Gasteiger partial charge in [-0.2, -0.15) is 0 Å². The fourth-order valence-corrected chi connectivity index (χ4v) is 5.04. The molecule has 5 rings (SSSR count). The van der Waals surface area contributed by atoms with Gasteiger partial charge in [0.1, 0.15) is 5.15 Å². The third kappa shape index (κ3) is 3.56. The molecule has 12 heteroatoms. The van der Waals surface area contributed by atoms with Crippen LogP contribution in [0, 0.1) is 11.8 Å². The normalized spacial score (nSPS) is 21.4. The van der Waals surface area contributed by atoms with E-state index in [0.717, 1.165) is 0 Å². The highest BCUT2D eigenvalue weighted by atomic mass is 35.5. The largest absolute Gasteiger partial charge is 0.476 e. The van der Waals surface area contributed by atoms with Crippen molar-refractivity contribution in [2.45, 2.75) is 18.9 Å². The van der Waals surface area contributed by atoms with Gasteiger partial charge in [-0.25, -0.2) is 23.5 Å². The van der Waals surface area contributed by atoms with E-state index in [4.69, 9.17) is 23.2 Å². The molecule has 2 unspecified atom stereocenters. The summed E-state index contributed by atoms with van der Waals surface area (Å²) in [6, 6.07) is 5.56. The number of carboxylic acid groups (broad SMARTS) is 1. The van der Waals surface area contributed by atoms with E-state index in [0.29, 0.717) is 22.1 Å². The molecule has 1 aromatic carbocycles. The van der Waals surface area contributed by atoms with Gasteiger partial charge in [0.15, 0.2) is 5.69 Å². The maximum absolute atomic E-state index is 13.7. The number of halogens is 4. The van der Waals surface area contributed by atoms with Gasteiger partial charge in [-0.3, -0.25) is 9.36 Å². The van der Waals surface area contributed by atoms with Crippen LogP contribution in [-0.4, -0.2) is 44.6 Å². The van der Waals surface area contributed by atoms with Crippen molar-refractivity contribution in [1.82, 2.24) is 14.5 Å². The highest BCUT2D eigenvalue weighted by molar-refractivity contribution is 6.31. The molecule has 3 aromatic rings. The molecule has 1 aliphatic heterocycles. The van der Waals surface area contributed by atoms with Crippen molar-refractivity contribution < 1.29 is 18.7 Å². The Morgan fingerprint density at radius 2 is 1.91 bits per heavy atom. The summed E-state index contributed by atoms with van der Waals surface area (Å²) in [6.45, 7) is 2.01. The molecular weight excluding hydrogens is 491 g/mol. The molecule has 2 aromatic heterocycles. The van der Waals surface area contributed by atoms with Gasteiger partial charge in [0, 0.05) is 30.7 Å². The Balaban J connectivity index is 1.57. The van der Waals surface area contributed by atoms with Crippen LogP contribution in [0.3, 0.4) is 0 Å². The van der Waals surface area contributed by atoms with Gasteiger partial charge in [-0.05, 0) is 31.2 Å². The number of aromatic nitrogens is 3. The molecule has 0 spiro atoms. The standard InChI is InChI=1S/C22H19Cl2F2N5O3/c1-9(27-15-3-4-16(24)28-18(15)20(33)34)11-5-10(23)6-12-17(11)29-21(30(2)19(12)32)31-7-13-14(8-31)22(13,25)26/h3-6,9,13-14,27H,7-8H2,1-2H3,(H,33,34)/t9-,13?,14?/m1/s1. The lowest BCUT2D eigenvalue weighted by Gasteiger charge is -2.24. The molecule has 8 nitrogen and oxygen atoms in total. The third-order valence-electron chi connectivity index (χ3n) is 6.54. The molecule has 3 atom stereocenters. The van der Waals surface area contributed by atoms with Crippen LogP contribution in [0.25, 0.3) is 10.9 Å². The molecule has 178 valence electrons. The second kappa shape index (κ2) is 7.78. The number of carboxylic acids is 1. The molecule has 0 bridgehead atoms. The molecule has 2 fully saturated rings. The zero-order chi connectivity index (χ0) is 24.5. The van der Waals surface area contributed by atoms with E-state index in [2.05, 4.69) is 15.3 Å². The van der Waals surface area contributed by atoms with Gasteiger partial charge in [0.25, 0.3) is 11.5 Å². The summed E-state index contributed by atoms with van der Waals surface area (Å²) in [5.41, 5.74) is 0.509. The summed E-state index contributed by atoms with van der Waals surface area (Å²) < 4.78 is 28.8. The number of carbonyl (C=O) groups is 1. The summed E-state index contributed by atoms with van der Waals surface area (Å²) in [7, 11) is 1.55. The van der Waals surface area contributed by atoms with E-state index in [1.54, 1.807) is 24.9 Å². The molecule has 2 N–H and O–H groups in total. The lowest BCUT2D eigenvalue weighted by Crippen LogP contribution is -2.34. The van der Waals surface area contributed by atoms with Gasteiger partial charge in [0.05, 0.1) is 34.5 Å². The van der Waals surface area contributed by atoms with E-state index < -0.39 is 29.8 Å². The van der Waals surface area contributed by atoms with Gasteiger partial charge in [-0.1, -0.05) is 23.2 Å². The van der Waals surface area contributed by atoms with Crippen LogP contribution in [0.2, 0.25) is 10.2 Å². The van der Waals surface area contributed by atoms with Crippen LogP contribution >= 0.6 is 23.2 Å². The maximum atomic E-state index is 13.7. The van der Waals surface area contributed by atoms with Crippen LogP contribution < -0.4 is 15.8 Å². The molecule has 1 saturated carbocycles. The van der Waals surface area contributed by atoms with E-state index in [9.17, 15) is 23.5 Å². The number of pyridine rings is 1. The van der Waals surface area contributed by atoms with Gasteiger partial charge < -0.3 is 15.3 Å². The maximum Gasteiger partial charge on any atom is 0.356 e. The summed E-state index contributed by atoms with van der Waals surface area (Å²) in [5.74, 6) is -5.06. The minimum atomic E-state index is -2.65. The Bertz CT molecular complexity index is 1400. The molecule has 0 radical (unpaired) electrons. The molecule has 34 heavy (non-hydrogen) atoms. The first kappa shape index (κ1) is 22.8. The Morgan fingerprint density at radius 3 is 2.56 bits per heavy atom. The van der Waals surface area contributed by atoms with Crippen LogP contribution in [0.5, 0.6) is 0 Å². The molecule has 2 aliphatic rings. The zero-order valence-electron chi connectivity index (χ0n) is 18.0. The molecule has 3 heterocycles. The van der Waals surface area contributed by atoms with E-state index >= 15 is 0 Å². The first-order valence-electron chi connectivity index (χ1n) is 10.5. The Labute approximate surface area is 202 Å². The molecular formula is C22H19Cl2F2N5O3. The van der Waals surface area contributed by atoms with E-state index in [1.165, 1.54) is 22.8 Å². The Kier molecular flexibility index (Phi) is 5.21. The molecule has 1 aliphatic carbocycles. The summed E-state index contributed by atoms with van der Waals surface area (Å²) >= 11 is 12.1. The number of benzene rings is 1. The van der Waals surface area contributed by atoms with Gasteiger partial charge in [-0.15, -0.1) is 0 Å². The number of alkyl halides is 2. The Morgan fingerprint density at radius 1 is 1.24 bits per heavy atom. The third-order valence-corrected chi connectivity index (χ3v) is 6.96. The smallest absolute Gasteiger partial charge is 0.356 e. The van der Waals surface area contributed by atoms with Gasteiger partial charge in [0.2, 0.25) is 5.95 Å². The first-order chi connectivity index (χ1) is 16.0. The number of anilines is 2. The number of piperidine rings is 1. The van der Waals surface area contributed by atoms with Crippen LogP contribution in [0.4, 0.5) is 20.4 Å². The number of nitrogens with zero attached hydrogens (tertiary/aromatic N) is 4. The van der Waals surface area contributed by atoms with Crippen LogP contribution in [0.1, 0.15) is 29.0 Å². The molecule has 0 amide bonds. The number of nitrogens with one attached hydrogen (secondary N) is 1. The zero-order valence-corrected chi connectivity index (χ0v) is 19.5.